The van der Waals surface area contributed by atoms with Crippen LogP contribution in [-0.4, -0.2) is 6.04 Å². The molecular weight excluding hydrogens is 213 g/mol. The molecule has 1 nitrogen and oxygen atoms in total. The van der Waals surface area contributed by atoms with Crippen LogP contribution < -0.4 is 5.32 Å². The first kappa shape index (κ1) is 12.3. The molecule has 0 aliphatic rings. The zero-order chi connectivity index (χ0) is 11.3. The fourth-order valence-electron chi connectivity index (χ4n) is 1.55. The van der Waals surface area contributed by atoms with Crippen molar-refractivity contribution in [2.45, 2.75) is 39.2 Å². The van der Waals surface area contributed by atoms with E-state index in [9.17, 15) is 4.39 Å². The number of rotatable bonds is 5. The lowest BCUT2D eigenvalue weighted by Crippen LogP contribution is -2.18. The van der Waals surface area contributed by atoms with Gasteiger partial charge in [-0.15, -0.1) is 0 Å². The van der Waals surface area contributed by atoms with Crippen LogP contribution in [0.1, 0.15) is 33.1 Å². The summed E-state index contributed by atoms with van der Waals surface area (Å²) >= 11 is 5.68. The van der Waals surface area contributed by atoms with Crippen molar-refractivity contribution in [1.29, 1.82) is 0 Å². The van der Waals surface area contributed by atoms with Crippen molar-refractivity contribution in [2.24, 2.45) is 0 Å². The fourth-order valence-corrected chi connectivity index (χ4v) is 1.71. The maximum Gasteiger partial charge on any atom is 0.147 e. The lowest BCUT2D eigenvalue weighted by molar-refractivity contribution is 0.599. The maximum absolute atomic E-state index is 13.4. The molecular formula is C12H17ClFN. The van der Waals surface area contributed by atoms with Gasteiger partial charge in [-0.05, 0) is 31.0 Å². The third kappa shape index (κ3) is 3.71. The Hall–Kier alpha value is -0.760. The van der Waals surface area contributed by atoms with Gasteiger partial charge >= 0.3 is 0 Å². The first-order valence-corrected chi connectivity index (χ1v) is 5.76. The zero-order valence-electron chi connectivity index (χ0n) is 9.19. The molecule has 0 amide bonds. The lowest BCUT2D eigenvalue weighted by Gasteiger charge is -2.17. The number of nitrogens with one attached hydrogen (secondary N) is 1. The van der Waals surface area contributed by atoms with Gasteiger partial charge in [0.15, 0.2) is 0 Å². The van der Waals surface area contributed by atoms with Crippen LogP contribution in [0.15, 0.2) is 18.2 Å². The monoisotopic (exact) mass is 229 g/mol. The second-order valence-electron chi connectivity index (χ2n) is 3.66. The molecule has 1 N–H and O–H groups in total. The molecule has 0 saturated heterocycles. The quantitative estimate of drug-likeness (QED) is 0.786. The van der Waals surface area contributed by atoms with E-state index >= 15 is 0 Å². The van der Waals surface area contributed by atoms with Gasteiger partial charge in [0.05, 0.1) is 5.69 Å². The van der Waals surface area contributed by atoms with Crippen LogP contribution >= 0.6 is 11.6 Å². The summed E-state index contributed by atoms with van der Waals surface area (Å²) in [4.78, 5) is 0. The SMILES string of the molecule is CCCC(CC)Nc1ccc(Cl)cc1F. The summed E-state index contributed by atoms with van der Waals surface area (Å²) in [6.45, 7) is 4.23. The minimum Gasteiger partial charge on any atom is -0.380 e. The van der Waals surface area contributed by atoms with E-state index in [1.165, 1.54) is 6.07 Å². The molecule has 1 unspecified atom stereocenters. The van der Waals surface area contributed by atoms with Gasteiger partial charge in [-0.25, -0.2) is 4.39 Å². The van der Waals surface area contributed by atoms with E-state index in [-0.39, 0.29) is 5.82 Å². The second kappa shape index (κ2) is 5.96. The molecule has 0 aromatic heterocycles. The molecule has 0 spiro atoms. The lowest BCUT2D eigenvalue weighted by atomic mass is 10.1. The Balaban J connectivity index is 2.70. The van der Waals surface area contributed by atoms with Gasteiger partial charge in [0.25, 0.3) is 0 Å². The third-order valence-corrected chi connectivity index (χ3v) is 2.66. The van der Waals surface area contributed by atoms with Crippen molar-refractivity contribution in [3.63, 3.8) is 0 Å². The summed E-state index contributed by atoms with van der Waals surface area (Å²) < 4.78 is 13.4. The van der Waals surface area contributed by atoms with Crippen molar-refractivity contribution in [2.75, 3.05) is 5.32 Å². The van der Waals surface area contributed by atoms with E-state index < -0.39 is 0 Å². The smallest absolute Gasteiger partial charge is 0.147 e. The average Bonchev–Trinajstić information content (AvgIpc) is 2.21. The maximum atomic E-state index is 13.4. The Morgan fingerprint density at radius 1 is 1.40 bits per heavy atom. The normalized spacial score (nSPS) is 12.5. The zero-order valence-corrected chi connectivity index (χ0v) is 9.94. The summed E-state index contributed by atoms with van der Waals surface area (Å²) in [7, 11) is 0. The van der Waals surface area contributed by atoms with E-state index in [2.05, 4.69) is 19.2 Å². The van der Waals surface area contributed by atoms with E-state index in [0.717, 1.165) is 19.3 Å². The van der Waals surface area contributed by atoms with Crippen molar-refractivity contribution < 1.29 is 4.39 Å². The van der Waals surface area contributed by atoms with Gasteiger partial charge in [-0.1, -0.05) is 31.9 Å². The summed E-state index contributed by atoms with van der Waals surface area (Å²) in [5.41, 5.74) is 0.541. The van der Waals surface area contributed by atoms with Crippen molar-refractivity contribution in [1.82, 2.24) is 0 Å². The Labute approximate surface area is 95.6 Å². The molecule has 0 radical (unpaired) electrons. The van der Waals surface area contributed by atoms with Gasteiger partial charge in [0, 0.05) is 11.1 Å². The van der Waals surface area contributed by atoms with Crippen LogP contribution in [0.5, 0.6) is 0 Å². The highest BCUT2D eigenvalue weighted by molar-refractivity contribution is 6.30. The van der Waals surface area contributed by atoms with Crippen LogP contribution in [0.4, 0.5) is 10.1 Å². The third-order valence-electron chi connectivity index (χ3n) is 2.42. The van der Waals surface area contributed by atoms with Crippen LogP contribution in [0.2, 0.25) is 5.02 Å². The van der Waals surface area contributed by atoms with Crippen molar-refractivity contribution in [3.05, 3.63) is 29.0 Å². The molecule has 3 heteroatoms. The highest BCUT2D eigenvalue weighted by atomic mass is 35.5. The van der Waals surface area contributed by atoms with Crippen LogP contribution in [-0.2, 0) is 0 Å². The number of anilines is 1. The molecule has 1 aromatic rings. The molecule has 0 aliphatic carbocycles. The van der Waals surface area contributed by atoms with Crippen molar-refractivity contribution >= 4 is 17.3 Å². The van der Waals surface area contributed by atoms with E-state index in [0.29, 0.717) is 16.8 Å². The number of hydrogen-bond acceptors (Lipinski definition) is 1. The number of benzene rings is 1. The topological polar surface area (TPSA) is 12.0 Å². The molecule has 0 bridgehead atoms. The first-order chi connectivity index (χ1) is 7.17. The minimum absolute atomic E-state index is 0.281. The number of halogens is 2. The molecule has 0 aliphatic heterocycles. The molecule has 84 valence electrons. The summed E-state index contributed by atoms with van der Waals surface area (Å²) in [5.74, 6) is -0.281. The van der Waals surface area contributed by atoms with E-state index in [1.807, 2.05) is 0 Å². The second-order valence-corrected chi connectivity index (χ2v) is 4.10. The van der Waals surface area contributed by atoms with Gasteiger partial charge in [-0.2, -0.15) is 0 Å². The van der Waals surface area contributed by atoms with Crippen molar-refractivity contribution in [3.8, 4) is 0 Å². The van der Waals surface area contributed by atoms with E-state index in [1.54, 1.807) is 12.1 Å². The molecule has 1 rings (SSSR count). The number of hydrogen-bond donors (Lipinski definition) is 1. The Morgan fingerprint density at radius 2 is 2.13 bits per heavy atom. The Morgan fingerprint density at radius 3 is 2.67 bits per heavy atom. The van der Waals surface area contributed by atoms with Gasteiger partial charge in [0.2, 0.25) is 0 Å². The van der Waals surface area contributed by atoms with Crippen LogP contribution in [0, 0.1) is 5.82 Å². The predicted octanol–water partition coefficient (Wildman–Crippen LogP) is 4.47. The molecule has 0 fully saturated rings. The fraction of sp³-hybridized carbons (Fsp3) is 0.500. The highest BCUT2D eigenvalue weighted by Crippen LogP contribution is 2.20. The standard InChI is InChI=1S/C12H17ClFN/c1-3-5-10(4-2)15-12-7-6-9(13)8-11(12)14/h6-8,10,15H,3-5H2,1-2H3. The Kier molecular flexibility index (Phi) is 4.89. The molecule has 0 saturated carbocycles. The minimum atomic E-state index is -0.281. The molecule has 1 aromatic carbocycles. The summed E-state index contributed by atoms with van der Waals surface area (Å²) in [6.07, 6.45) is 3.15. The van der Waals surface area contributed by atoms with Crippen LogP contribution in [0.25, 0.3) is 0 Å². The summed E-state index contributed by atoms with van der Waals surface area (Å²) in [5, 5.41) is 3.62. The Bertz CT molecular complexity index is 314. The largest absolute Gasteiger partial charge is 0.380 e. The average molecular weight is 230 g/mol. The first-order valence-electron chi connectivity index (χ1n) is 5.39. The van der Waals surface area contributed by atoms with Gasteiger partial charge in [-0.3, -0.25) is 0 Å². The predicted molar refractivity (Wildman–Crippen MR) is 64.0 cm³/mol. The molecule has 0 heterocycles. The molecule has 1 atom stereocenters. The molecule has 15 heavy (non-hydrogen) atoms. The van der Waals surface area contributed by atoms with Crippen LogP contribution in [0.3, 0.4) is 0 Å². The van der Waals surface area contributed by atoms with Gasteiger partial charge in [0.1, 0.15) is 5.82 Å². The van der Waals surface area contributed by atoms with Gasteiger partial charge < -0.3 is 5.32 Å². The highest BCUT2D eigenvalue weighted by Gasteiger charge is 2.08. The van der Waals surface area contributed by atoms with E-state index in [4.69, 9.17) is 11.6 Å². The summed E-state index contributed by atoms with van der Waals surface area (Å²) in [6, 6.07) is 5.06.